The first-order valence-corrected chi connectivity index (χ1v) is 8.01. The van der Waals surface area contributed by atoms with Gasteiger partial charge in [-0.25, -0.2) is 0 Å². The topological polar surface area (TPSA) is 47.3 Å². The van der Waals surface area contributed by atoms with E-state index in [1.165, 1.54) is 0 Å². The lowest BCUT2D eigenvalue weighted by molar-refractivity contribution is 0.467. The van der Waals surface area contributed by atoms with Crippen molar-refractivity contribution in [2.45, 2.75) is 13.3 Å². The molecule has 0 aliphatic rings. The van der Waals surface area contributed by atoms with Crippen LogP contribution in [0.2, 0.25) is 0 Å². The van der Waals surface area contributed by atoms with E-state index in [0.29, 0.717) is 12.0 Å². The van der Waals surface area contributed by atoms with Crippen LogP contribution in [0.15, 0.2) is 48.5 Å². The Morgan fingerprint density at radius 1 is 1.00 bits per heavy atom. The van der Waals surface area contributed by atoms with E-state index in [2.05, 4.69) is 41.3 Å². The lowest BCUT2D eigenvalue weighted by Crippen LogP contribution is -2.07. The van der Waals surface area contributed by atoms with Gasteiger partial charge in [0.15, 0.2) is 0 Å². The van der Waals surface area contributed by atoms with Crippen molar-refractivity contribution >= 4 is 16.5 Å². The molecule has 24 heavy (non-hydrogen) atoms. The molecule has 1 N–H and O–H groups in total. The Balaban J connectivity index is 2.15. The number of anilines is 1. The maximum Gasteiger partial charge on any atom is 0.137 e. The lowest BCUT2D eigenvalue weighted by Gasteiger charge is -2.14. The number of phenolic OH excluding ortho intramolecular Hbond substituents is 1. The molecular weight excluding hydrogens is 296 g/mol. The summed E-state index contributed by atoms with van der Waals surface area (Å²) in [5.41, 5.74) is 4.00. The Kier molecular flexibility index (Phi) is 4.14. The van der Waals surface area contributed by atoms with Gasteiger partial charge in [0.2, 0.25) is 0 Å². The highest BCUT2D eigenvalue weighted by molar-refractivity contribution is 5.91. The first kappa shape index (κ1) is 15.9. The molecule has 0 saturated carbocycles. The summed E-state index contributed by atoms with van der Waals surface area (Å²) in [6, 6.07) is 18.4. The van der Waals surface area contributed by atoms with Gasteiger partial charge in [0.05, 0.1) is 0 Å². The van der Waals surface area contributed by atoms with Crippen LogP contribution in [-0.2, 0) is 6.42 Å². The first-order chi connectivity index (χ1) is 11.5. The molecule has 0 aromatic heterocycles. The Morgan fingerprint density at radius 3 is 2.38 bits per heavy atom. The van der Waals surface area contributed by atoms with Gasteiger partial charge in [-0.2, -0.15) is 5.26 Å². The van der Waals surface area contributed by atoms with E-state index in [1.54, 1.807) is 0 Å². The number of hydrogen-bond donors (Lipinski definition) is 1. The van der Waals surface area contributed by atoms with Gasteiger partial charge in [-0.3, -0.25) is 0 Å². The molecule has 120 valence electrons. The molecule has 0 radical (unpaired) electrons. The van der Waals surface area contributed by atoms with Crippen molar-refractivity contribution in [1.29, 1.82) is 5.26 Å². The number of aryl methyl sites for hydroxylation is 1. The van der Waals surface area contributed by atoms with Gasteiger partial charge >= 0.3 is 0 Å². The highest BCUT2D eigenvalue weighted by Gasteiger charge is 2.13. The molecule has 0 amide bonds. The number of nitrogens with zero attached hydrogens (tertiary/aromatic N) is 2. The molecule has 0 aliphatic carbocycles. The van der Waals surface area contributed by atoms with E-state index in [-0.39, 0.29) is 5.75 Å². The smallest absolute Gasteiger partial charge is 0.137 e. The van der Waals surface area contributed by atoms with E-state index >= 15 is 0 Å². The first-order valence-electron chi connectivity index (χ1n) is 8.01. The molecular formula is C21H20N2O. The summed E-state index contributed by atoms with van der Waals surface area (Å²) in [6.45, 7) is 1.97. The molecule has 3 aromatic carbocycles. The molecule has 3 nitrogen and oxygen atoms in total. The summed E-state index contributed by atoms with van der Waals surface area (Å²) in [7, 11) is 4.04. The SMILES string of the molecule is CCc1ccc(-c2ccc3cc(N(C)C)ccc3c2)c(C#N)c1O. The van der Waals surface area contributed by atoms with Gasteiger partial charge < -0.3 is 10.0 Å². The van der Waals surface area contributed by atoms with Crippen LogP contribution < -0.4 is 4.90 Å². The molecule has 3 heteroatoms. The molecule has 3 rings (SSSR count). The third kappa shape index (κ3) is 2.68. The summed E-state index contributed by atoms with van der Waals surface area (Å²) >= 11 is 0. The van der Waals surface area contributed by atoms with Gasteiger partial charge in [-0.1, -0.05) is 37.3 Å². The van der Waals surface area contributed by atoms with Gasteiger partial charge in [0.1, 0.15) is 17.4 Å². The summed E-state index contributed by atoms with van der Waals surface area (Å²) in [5.74, 6) is 0.0977. The average molecular weight is 316 g/mol. The minimum absolute atomic E-state index is 0.0977. The molecule has 0 bridgehead atoms. The molecule has 0 spiro atoms. The summed E-state index contributed by atoms with van der Waals surface area (Å²) in [5, 5.41) is 22.1. The predicted octanol–water partition coefficient (Wildman–Crippen LogP) is 4.71. The van der Waals surface area contributed by atoms with Crippen molar-refractivity contribution in [2.24, 2.45) is 0 Å². The maximum absolute atomic E-state index is 10.3. The number of hydrogen-bond acceptors (Lipinski definition) is 3. The van der Waals surface area contributed by atoms with Crippen LogP contribution in [0.25, 0.3) is 21.9 Å². The standard InChI is InChI=1S/C21H20N2O/c1-4-14-8-10-19(20(13-22)21(14)24)17-6-5-16-12-18(23(2)3)9-7-15(16)11-17/h5-12,24H,4H2,1-3H3. The summed E-state index contributed by atoms with van der Waals surface area (Å²) in [4.78, 5) is 2.07. The Labute approximate surface area is 142 Å². The zero-order valence-electron chi connectivity index (χ0n) is 14.2. The monoisotopic (exact) mass is 316 g/mol. The second-order valence-electron chi connectivity index (χ2n) is 6.10. The number of rotatable bonds is 3. The van der Waals surface area contributed by atoms with E-state index in [9.17, 15) is 10.4 Å². The molecule has 3 aromatic rings. The molecule has 0 aliphatic heterocycles. The van der Waals surface area contributed by atoms with Crippen LogP contribution >= 0.6 is 0 Å². The largest absolute Gasteiger partial charge is 0.506 e. The quantitative estimate of drug-likeness (QED) is 0.761. The van der Waals surface area contributed by atoms with E-state index in [0.717, 1.165) is 33.2 Å². The second kappa shape index (κ2) is 6.25. The van der Waals surface area contributed by atoms with Crippen molar-refractivity contribution < 1.29 is 5.11 Å². The van der Waals surface area contributed by atoms with Crippen LogP contribution in [0.3, 0.4) is 0 Å². The molecule has 0 unspecified atom stereocenters. The number of benzene rings is 3. The summed E-state index contributed by atoms with van der Waals surface area (Å²) < 4.78 is 0. The fourth-order valence-corrected chi connectivity index (χ4v) is 2.95. The van der Waals surface area contributed by atoms with Crippen molar-refractivity contribution in [1.82, 2.24) is 0 Å². The summed E-state index contributed by atoms with van der Waals surface area (Å²) in [6.07, 6.45) is 0.700. The number of aromatic hydroxyl groups is 1. The van der Waals surface area contributed by atoms with Crippen molar-refractivity contribution in [3.63, 3.8) is 0 Å². The normalized spacial score (nSPS) is 10.6. The maximum atomic E-state index is 10.3. The van der Waals surface area contributed by atoms with Gasteiger partial charge in [-0.15, -0.1) is 0 Å². The average Bonchev–Trinajstić information content (AvgIpc) is 2.60. The molecule has 0 saturated heterocycles. The lowest BCUT2D eigenvalue weighted by atomic mass is 9.94. The van der Waals surface area contributed by atoms with Gasteiger partial charge in [0, 0.05) is 25.3 Å². The van der Waals surface area contributed by atoms with Crippen LogP contribution in [0.1, 0.15) is 18.1 Å². The fraction of sp³-hybridized carbons (Fsp3) is 0.190. The fourth-order valence-electron chi connectivity index (χ4n) is 2.95. The van der Waals surface area contributed by atoms with Crippen molar-refractivity contribution in [3.05, 3.63) is 59.7 Å². The highest BCUT2D eigenvalue weighted by atomic mass is 16.3. The molecule has 0 heterocycles. The minimum atomic E-state index is 0.0977. The van der Waals surface area contributed by atoms with Crippen LogP contribution in [0.5, 0.6) is 5.75 Å². The van der Waals surface area contributed by atoms with Gasteiger partial charge in [0.25, 0.3) is 0 Å². The predicted molar refractivity (Wildman–Crippen MR) is 99.5 cm³/mol. The minimum Gasteiger partial charge on any atom is -0.506 e. The number of phenols is 1. The van der Waals surface area contributed by atoms with Crippen LogP contribution in [-0.4, -0.2) is 19.2 Å². The Bertz CT molecular complexity index is 952. The number of nitriles is 1. The van der Waals surface area contributed by atoms with E-state index in [1.807, 2.05) is 39.2 Å². The highest BCUT2D eigenvalue weighted by Crippen LogP contribution is 2.34. The molecule has 0 fully saturated rings. The zero-order valence-corrected chi connectivity index (χ0v) is 14.2. The third-order valence-corrected chi connectivity index (χ3v) is 4.41. The van der Waals surface area contributed by atoms with Crippen molar-refractivity contribution in [2.75, 3.05) is 19.0 Å². The van der Waals surface area contributed by atoms with E-state index < -0.39 is 0 Å². The number of fused-ring (bicyclic) bond motifs is 1. The zero-order chi connectivity index (χ0) is 17.3. The van der Waals surface area contributed by atoms with Crippen LogP contribution in [0, 0.1) is 11.3 Å². The Hall–Kier alpha value is -2.99. The van der Waals surface area contributed by atoms with Gasteiger partial charge in [-0.05, 0) is 46.5 Å². The van der Waals surface area contributed by atoms with Crippen LogP contribution in [0.4, 0.5) is 5.69 Å². The second-order valence-corrected chi connectivity index (χ2v) is 6.10. The Morgan fingerprint density at radius 2 is 1.71 bits per heavy atom. The molecule has 0 atom stereocenters. The van der Waals surface area contributed by atoms with E-state index in [4.69, 9.17) is 0 Å². The van der Waals surface area contributed by atoms with Crippen molar-refractivity contribution in [3.8, 4) is 22.9 Å². The third-order valence-electron chi connectivity index (χ3n) is 4.41.